The van der Waals surface area contributed by atoms with Crippen LogP contribution in [0.4, 0.5) is 0 Å². The van der Waals surface area contributed by atoms with Gasteiger partial charge in [-0.25, -0.2) is 0 Å². The number of benzene rings is 2. The molecule has 3 rings (SSSR count). The molecule has 32 heavy (non-hydrogen) atoms. The van der Waals surface area contributed by atoms with Crippen molar-refractivity contribution in [2.24, 2.45) is 0 Å². The molecule has 1 atom stereocenters. The third-order valence-corrected chi connectivity index (χ3v) is 5.30. The second-order valence-electron chi connectivity index (χ2n) is 7.49. The second kappa shape index (κ2) is 10.8. The van der Waals surface area contributed by atoms with Gasteiger partial charge in [0.25, 0.3) is 11.7 Å². The SMILES string of the molecule is CCCOc1ccc(C2C(=C(O)c3cccc(OC)c3)C(=O)C(=O)N2CCCOC)cc1. The molecule has 0 aliphatic carbocycles. The summed E-state index contributed by atoms with van der Waals surface area (Å²) in [5, 5.41) is 11.1. The minimum absolute atomic E-state index is 0.0582. The Kier molecular flexibility index (Phi) is 7.89. The lowest BCUT2D eigenvalue weighted by molar-refractivity contribution is -0.140. The lowest BCUT2D eigenvalue weighted by Crippen LogP contribution is -2.31. The van der Waals surface area contributed by atoms with Crippen molar-refractivity contribution in [3.05, 3.63) is 65.2 Å². The van der Waals surface area contributed by atoms with E-state index in [0.29, 0.717) is 43.2 Å². The minimum Gasteiger partial charge on any atom is -0.507 e. The number of nitrogens with zero attached hydrogens (tertiary/aromatic N) is 1. The number of ketones is 1. The number of carbonyl (C=O) groups is 2. The second-order valence-corrected chi connectivity index (χ2v) is 7.49. The number of aliphatic hydroxyl groups is 1. The Hall–Kier alpha value is -3.32. The Morgan fingerprint density at radius 1 is 1.03 bits per heavy atom. The molecule has 1 heterocycles. The smallest absolute Gasteiger partial charge is 0.295 e. The molecule has 0 saturated carbocycles. The zero-order valence-corrected chi connectivity index (χ0v) is 18.7. The van der Waals surface area contributed by atoms with Crippen LogP contribution in [0.3, 0.4) is 0 Å². The lowest BCUT2D eigenvalue weighted by atomic mass is 9.95. The third kappa shape index (κ3) is 4.94. The van der Waals surface area contributed by atoms with E-state index in [1.165, 1.54) is 12.0 Å². The zero-order chi connectivity index (χ0) is 23.1. The van der Waals surface area contributed by atoms with E-state index < -0.39 is 17.7 Å². The average molecular weight is 440 g/mol. The fourth-order valence-corrected chi connectivity index (χ4v) is 3.73. The summed E-state index contributed by atoms with van der Waals surface area (Å²) >= 11 is 0. The number of Topliss-reactive ketones (excluding diaryl/α,β-unsaturated/α-hetero) is 1. The summed E-state index contributed by atoms with van der Waals surface area (Å²) in [6.07, 6.45) is 1.46. The number of hydrogen-bond donors (Lipinski definition) is 1. The van der Waals surface area contributed by atoms with Gasteiger partial charge in [-0.15, -0.1) is 0 Å². The molecule has 7 heteroatoms. The molecule has 0 bridgehead atoms. The molecule has 1 unspecified atom stereocenters. The highest BCUT2D eigenvalue weighted by Crippen LogP contribution is 2.40. The first kappa shape index (κ1) is 23.3. The molecule has 2 aromatic carbocycles. The molecule has 7 nitrogen and oxygen atoms in total. The first-order valence-electron chi connectivity index (χ1n) is 10.7. The summed E-state index contributed by atoms with van der Waals surface area (Å²) in [7, 11) is 3.11. The van der Waals surface area contributed by atoms with E-state index in [4.69, 9.17) is 14.2 Å². The van der Waals surface area contributed by atoms with E-state index in [1.54, 1.807) is 31.4 Å². The van der Waals surface area contributed by atoms with Crippen LogP contribution in [-0.2, 0) is 14.3 Å². The van der Waals surface area contributed by atoms with Gasteiger partial charge in [0.15, 0.2) is 0 Å². The van der Waals surface area contributed by atoms with Crippen molar-refractivity contribution >= 4 is 17.4 Å². The Labute approximate surface area is 188 Å². The molecule has 170 valence electrons. The van der Waals surface area contributed by atoms with Gasteiger partial charge in [-0.05, 0) is 42.7 Å². The number of amides is 1. The Morgan fingerprint density at radius 3 is 2.44 bits per heavy atom. The topological polar surface area (TPSA) is 85.3 Å². The van der Waals surface area contributed by atoms with E-state index in [0.717, 1.165) is 12.0 Å². The Balaban J connectivity index is 2.06. The van der Waals surface area contributed by atoms with E-state index >= 15 is 0 Å². The first-order chi connectivity index (χ1) is 15.5. The van der Waals surface area contributed by atoms with Crippen molar-refractivity contribution in [3.63, 3.8) is 0 Å². The molecular formula is C25H29NO6. The van der Waals surface area contributed by atoms with Gasteiger partial charge < -0.3 is 24.2 Å². The monoisotopic (exact) mass is 439 g/mol. The Bertz CT molecular complexity index is 982. The first-order valence-corrected chi connectivity index (χ1v) is 10.7. The highest BCUT2D eigenvalue weighted by Gasteiger charge is 2.45. The maximum atomic E-state index is 13.0. The van der Waals surface area contributed by atoms with Crippen molar-refractivity contribution in [2.45, 2.75) is 25.8 Å². The molecular weight excluding hydrogens is 410 g/mol. The predicted molar refractivity (Wildman–Crippen MR) is 121 cm³/mol. The number of hydrogen-bond acceptors (Lipinski definition) is 6. The summed E-state index contributed by atoms with van der Waals surface area (Å²) in [4.78, 5) is 27.4. The molecule has 2 aromatic rings. The number of carbonyl (C=O) groups excluding carboxylic acids is 2. The average Bonchev–Trinajstić information content (AvgIpc) is 3.07. The van der Waals surface area contributed by atoms with Gasteiger partial charge in [-0.1, -0.05) is 31.2 Å². The van der Waals surface area contributed by atoms with Crippen LogP contribution in [0.15, 0.2) is 54.1 Å². The Morgan fingerprint density at radius 2 is 1.78 bits per heavy atom. The molecule has 1 N–H and O–H groups in total. The molecule has 0 aromatic heterocycles. The van der Waals surface area contributed by atoms with Crippen LogP contribution in [0.2, 0.25) is 0 Å². The van der Waals surface area contributed by atoms with E-state index in [2.05, 4.69) is 0 Å². The standard InChI is InChI=1S/C25H29NO6/c1-4-14-32-19-11-9-17(10-12-19)22-21(23(27)18-7-5-8-20(16-18)31-3)24(28)25(29)26(22)13-6-15-30-2/h5,7-12,16,22,27H,4,6,13-15H2,1-3H3. The summed E-state index contributed by atoms with van der Waals surface area (Å²) in [6, 6.07) is 13.3. The van der Waals surface area contributed by atoms with Gasteiger partial charge in [0.1, 0.15) is 17.3 Å². The predicted octanol–water partition coefficient (Wildman–Crippen LogP) is 3.94. The highest BCUT2D eigenvalue weighted by molar-refractivity contribution is 6.46. The zero-order valence-electron chi connectivity index (χ0n) is 18.7. The summed E-state index contributed by atoms with van der Waals surface area (Å²) in [5.74, 6) is -0.328. The van der Waals surface area contributed by atoms with Gasteiger partial charge >= 0.3 is 0 Å². The van der Waals surface area contributed by atoms with Crippen molar-refractivity contribution in [3.8, 4) is 11.5 Å². The summed E-state index contributed by atoms with van der Waals surface area (Å²) in [5.41, 5.74) is 1.19. The lowest BCUT2D eigenvalue weighted by Gasteiger charge is -2.25. The van der Waals surface area contributed by atoms with Crippen LogP contribution in [-0.4, -0.2) is 55.7 Å². The number of aliphatic hydroxyl groups excluding tert-OH is 1. The number of rotatable bonds is 10. The minimum atomic E-state index is -0.710. The van der Waals surface area contributed by atoms with Crippen LogP contribution in [0.25, 0.3) is 5.76 Å². The maximum absolute atomic E-state index is 13.0. The van der Waals surface area contributed by atoms with Gasteiger partial charge in [0, 0.05) is 25.8 Å². The van der Waals surface area contributed by atoms with Crippen LogP contribution in [0.5, 0.6) is 11.5 Å². The van der Waals surface area contributed by atoms with Gasteiger partial charge in [-0.3, -0.25) is 9.59 Å². The van der Waals surface area contributed by atoms with Crippen LogP contribution in [0, 0.1) is 0 Å². The van der Waals surface area contributed by atoms with Crippen molar-refractivity contribution < 1.29 is 28.9 Å². The normalized spacial score (nSPS) is 17.6. The molecule has 1 fully saturated rings. The number of likely N-dealkylation sites (tertiary alicyclic amines) is 1. The van der Waals surface area contributed by atoms with E-state index in [9.17, 15) is 14.7 Å². The van der Waals surface area contributed by atoms with Crippen molar-refractivity contribution in [2.75, 3.05) is 34.0 Å². The fourth-order valence-electron chi connectivity index (χ4n) is 3.73. The van der Waals surface area contributed by atoms with Crippen LogP contribution in [0.1, 0.15) is 36.9 Å². The third-order valence-electron chi connectivity index (χ3n) is 5.30. The van der Waals surface area contributed by atoms with Gasteiger partial charge in [0.2, 0.25) is 0 Å². The molecule has 0 radical (unpaired) electrons. The van der Waals surface area contributed by atoms with Crippen LogP contribution >= 0.6 is 0 Å². The maximum Gasteiger partial charge on any atom is 0.295 e. The summed E-state index contributed by atoms with van der Waals surface area (Å²) < 4.78 is 16.0. The molecule has 1 aliphatic heterocycles. The van der Waals surface area contributed by atoms with Gasteiger partial charge in [0.05, 0.1) is 25.3 Å². The number of ether oxygens (including phenoxy) is 3. The highest BCUT2D eigenvalue weighted by atomic mass is 16.5. The molecule has 1 amide bonds. The summed E-state index contributed by atoms with van der Waals surface area (Å²) in [6.45, 7) is 3.41. The van der Waals surface area contributed by atoms with E-state index in [-0.39, 0.29) is 11.3 Å². The van der Waals surface area contributed by atoms with Gasteiger partial charge in [-0.2, -0.15) is 0 Å². The molecule has 0 spiro atoms. The quantitative estimate of drug-likeness (QED) is 0.261. The fraction of sp³-hybridized carbons (Fsp3) is 0.360. The van der Waals surface area contributed by atoms with Crippen LogP contribution < -0.4 is 9.47 Å². The largest absolute Gasteiger partial charge is 0.507 e. The van der Waals surface area contributed by atoms with E-state index in [1.807, 2.05) is 31.2 Å². The number of methoxy groups -OCH3 is 2. The molecule has 1 aliphatic rings. The molecule has 1 saturated heterocycles. The van der Waals surface area contributed by atoms with Crippen molar-refractivity contribution in [1.29, 1.82) is 0 Å². The van der Waals surface area contributed by atoms with Crippen molar-refractivity contribution in [1.82, 2.24) is 4.90 Å².